The summed E-state index contributed by atoms with van der Waals surface area (Å²) in [5, 5.41) is 64.4. The lowest BCUT2D eigenvalue weighted by molar-refractivity contribution is -0.146. The maximum absolute atomic E-state index is 14.0. The van der Waals surface area contributed by atoms with E-state index in [0.717, 1.165) is 11.8 Å². The number of likely N-dealkylation sites (tertiary alicyclic amines) is 1. The predicted molar refractivity (Wildman–Crippen MR) is 228 cm³/mol. The molecule has 0 bridgehead atoms. The van der Waals surface area contributed by atoms with Crippen molar-refractivity contribution in [3.05, 3.63) is 0 Å². The Labute approximate surface area is 384 Å². The maximum atomic E-state index is 14.0. The van der Waals surface area contributed by atoms with Crippen molar-refractivity contribution in [2.45, 2.75) is 140 Å². The second-order valence-electron chi connectivity index (χ2n) is 16.5. The molecular weight excluding hydrogens is 894 g/mol. The van der Waals surface area contributed by atoms with Crippen LogP contribution in [0.4, 0.5) is 0 Å². The smallest absolute Gasteiger partial charge is 0.328 e. The summed E-state index contributed by atoms with van der Waals surface area (Å²) < 4.78 is 0. The van der Waals surface area contributed by atoms with Crippen molar-refractivity contribution in [1.29, 1.82) is 0 Å². The molecule has 0 saturated carbocycles. The van der Waals surface area contributed by atoms with Crippen molar-refractivity contribution in [1.82, 2.24) is 42.1 Å². The number of nitrogens with zero attached hydrogens (tertiary/aromatic N) is 1. The van der Waals surface area contributed by atoms with E-state index in [2.05, 4.69) is 31.9 Å². The van der Waals surface area contributed by atoms with Gasteiger partial charge in [-0.1, -0.05) is 27.7 Å². The highest BCUT2D eigenvalue weighted by Gasteiger charge is 2.42. The second-order valence-corrected chi connectivity index (χ2v) is 16.5. The zero-order valence-corrected chi connectivity index (χ0v) is 37.8. The van der Waals surface area contributed by atoms with E-state index in [1.54, 1.807) is 13.8 Å². The highest BCUT2D eigenvalue weighted by atomic mass is 16.4. The normalized spacial score (nSPS) is 17.5. The van der Waals surface area contributed by atoms with Gasteiger partial charge in [0, 0.05) is 19.4 Å². The first-order valence-electron chi connectivity index (χ1n) is 21.3. The number of aliphatic hydroxyl groups is 3. The van der Waals surface area contributed by atoms with Crippen LogP contribution in [0.15, 0.2) is 0 Å². The van der Waals surface area contributed by atoms with Crippen LogP contribution in [0.5, 0.6) is 0 Å². The van der Waals surface area contributed by atoms with Gasteiger partial charge in [-0.15, -0.1) is 0 Å². The molecule has 0 aromatic carbocycles. The van der Waals surface area contributed by atoms with E-state index in [4.69, 9.17) is 17.2 Å². The summed E-state index contributed by atoms with van der Waals surface area (Å²) in [5.74, 6) is -14.6. The van der Waals surface area contributed by atoms with Gasteiger partial charge >= 0.3 is 11.9 Å². The van der Waals surface area contributed by atoms with Crippen LogP contribution >= 0.6 is 0 Å². The lowest BCUT2D eigenvalue weighted by Gasteiger charge is -2.32. The van der Waals surface area contributed by atoms with E-state index < -0.39 is 176 Å². The summed E-state index contributed by atoms with van der Waals surface area (Å²) in [6.45, 7) is 5.09. The Morgan fingerprint density at radius 1 is 0.582 bits per heavy atom. The molecule has 1 aliphatic rings. The van der Waals surface area contributed by atoms with E-state index in [0.29, 0.717) is 6.42 Å². The number of aliphatic carboxylic acids is 2. The minimum absolute atomic E-state index is 0.0267. The number of carbonyl (C=O) groups excluding carboxylic acids is 10. The molecule has 0 spiro atoms. The molecule has 1 aliphatic heterocycles. The molecule has 10 atom stereocenters. The molecule has 18 N–H and O–H groups in total. The molecule has 28 nitrogen and oxygen atoms in total. The quantitative estimate of drug-likeness (QED) is 0.0331. The number of nitrogens with one attached hydrogen (secondary N) is 7. The fourth-order valence-electron chi connectivity index (χ4n) is 6.52. The van der Waals surface area contributed by atoms with E-state index in [1.807, 2.05) is 5.32 Å². The number of nitrogens with two attached hydrogens (primary N) is 3. The minimum Gasteiger partial charge on any atom is -0.481 e. The summed E-state index contributed by atoms with van der Waals surface area (Å²) in [6.07, 6.45) is -3.56. The van der Waals surface area contributed by atoms with Crippen molar-refractivity contribution < 1.29 is 83.1 Å². The van der Waals surface area contributed by atoms with Gasteiger partial charge in [0.2, 0.25) is 59.1 Å². The van der Waals surface area contributed by atoms with Crippen LogP contribution in [0.1, 0.15) is 79.6 Å². The fourth-order valence-corrected chi connectivity index (χ4v) is 6.52. The van der Waals surface area contributed by atoms with Crippen LogP contribution in [0.25, 0.3) is 0 Å². The van der Waals surface area contributed by atoms with Crippen molar-refractivity contribution in [3.8, 4) is 0 Å². The molecule has 28 heteroatoms. The Bertz CT molecular complexity index is 1830. The molecule has 1 heterocycles. The number of primary amides is 2. The first-order chi connectivity index (χ1) is 31.2. The van der Waals surface area contributed by atoms with E-state index in [1.165, 1.54) is 13.8 Å². The van der Waals surface area contributed by atoms with Crippen LogP contribution in [-0.4, -0.2) is 182 Å². The summed E-state index contributed by atoms with van der Waals surface area (Å²) in [6, 6.07) is -14.3. The molecule has 0 radical (unpaired) electrons. The number of carboxylic acids is 2. The summed E-state index contributed by atoms with van der Waals surface area (Å²) in [7, 11) is 0. The number of carbonyl (C=O) groups is 12. The van der Waals surface area contributed by atoms with Gasteiger partial charge in [0.15, 0.2) is 6.04 Å². The van der Waals surface area contributed by atoms with Gasteiger partial charge in [-0.3, -0.25) is 52.7 Å². The number of carboxylic acid groups (broad SMARTS) is 2. The van der Waals surface area contributed by atoms with Crippen LogP contribution in [0, 0.1) is 11.8 Å². The van der Waals surface area contributed by atoms with Gasteiger partial charge < -0.3 is 84.9 Å². The van der Waals surface area contributed by atoms with Crippen molar-refractivity contribution >= 4 is 71.0 Å². The monoisotopic (exact) mass is 959 g/mol. The summed E-state index contributed by atoms with van der Waals surface area (Å²) >= 11 is 0. The molecule has 1 fully saturated rings. The first-order valence-corrected chi connectivity index (χ1v) is 21.3. The first kappa shape index (κ1) is 58.5. The Morgan fingerprint density at radius 2 is 1.03 bits per heavy atom. The van der Waals surface area contributed by atoms with Gasteiger partial charge in [0.1, 0.15) is 42.3 Å². The fraction of sp³-hybridized carbons (Fsp3) is 0.692. The third-order valence-corrected chi connectivity index (χ3v) is 10.4. The van der Waals surface area contributed by atoms with Crippen LogP contribution < -0.4 is 54.4 Å². The predicted octanol–water partition coefficient (Wildman–Crippen LogP) is -7.53. The standard InChI is InChI=1S/C39H65N11O17/c1-16(2)28(37(64)49-30(18(5)53)39(66)67)47-36(63)24-7-6-12-50(24)38(65)29(17(3)4)48-35(62)23(15-52)46-33(60)21(13-27(56)57)44-34(61)22(14-51)45-32(59)20(9-11-26(42)55)43-31(58)19(40)8-10-25(41)54/h16-24,28-30,51-53H,6-15,40H2,1-5H3,(H2,41,54)(H2,42,55)(H,43,58)(H,44,61)(H,45,59)(H,46,60)(H,47,63)(H,48,62)(H,49,64)(H,56,57)(H,66,67)/t18-,19+,20+,21+,22+,23+,24+,28+,29+,30+/m1/s1. The molecule has 1 rings (SSSR count). The third-order valence-electron chi connectivity index (χ3n) is 10.4. The zero-order chi connectivity index (χ0) is 51.5. The van der Waals surface area contributed by atoms with E-state index in [-0.39, 0.29) is 25.8 Å². The van der Waals surface area contributed by atoms with Gasteiger partial charge in [-0.2, -0.15) is 0 Å². The van der Waals surface area contributed by atoms with Crippen molar-refractivity contribution in [3.63, 3.8) is 0 Å². The lowest BCUT2D eigenvalue weighted by Crippen LogP contribution is -2.62. The molecule has 0 aromatic heterocycles. The molecule has 0 aromatic rings. The number of hydrogen-bond acceptors (Lipinski definition) is 16. The zero-order valence-electron chi connectivity index (χ0n) is 37.8. The Balaban J connectivity index is 3.20. The molecular formula is C39H65N11O17. The van der Waals surface area contributed by atoms with Crippen LogP contribution in [0.2, 0.25) is 0 Å². The minimum atomic E-state index is -2.03. The van der Waals surface area contributed by atoms with Gasteiger partial charge in [0.25, 0.3) is 0 Å². The van der Waals surface area contributed by atoms with Crippen LogP contribution in [-0.2, 0) is 57.5 Å². The van der Waals surface area contributed by atoms with E-state index in [9.17, 15) is 83.1 Å². The number of hydrogen-bond donors (Lipinski definition) is 15. The third kappa shape index (κ3) is 19.1. The SMILES string of the molecule is CC(C)[C@H](NC(=O)[C@@H]1CCCN1C(=O)[C@@H](NC(=O)[C@H](CO)NC(=O)[C@H](CC(=O)O)NC(=O)[C@H](CO)NC(=O)[C@H](CCC(N)=O)NC(=O)[C@@H](N)CCC(N)=O)C(C)C)C(=O)N[C@H](C(=O)O)[C@@H](C)O. The average Bonchev–Trinajstić information content (AvgIpc) is 3.74. The number of aliphatic hydroxyl groups excluding tert-OH is 3. The highest BCUT2D eigenvalue weighted by molar-refractivity contribution is 5.99. The highest BCUT2D eigenvalue weighted by Crippen LogP contribution is 2.21. The van der Waals surface area contributed by atoms with Crippen LogP contribution in [0.3, 0.4) is 0 Å². The summed E-state index contributed by atoms with van der Waals surface area (Å²) in [4.78, 5) is 154. The summed E-state index contributed by atoms with van der Waals surface area (Å²) in [5.41, 5.74) is 16.0. The van der Waals surface area contributed by atoms with Gasteiger partial charge in [-0.25, -0.2) is 4.79 Å². The van der Waals surface area contributed by atoms with Gasteiger partial charge in [-0.05, 0) is 44.4 Å². The number of amides is 10. The molecule has 0 aliphatic carbocycles. The molecule has 67 heavy (non-hydrogen) atoms. The molecule has 1 saturated heterocycles. The van der Waals surface area contributed by atoms with Gasteiger partial charge in [0.05, 0.1) is 31.8 Å². The Hall–Kier alpha value is -6.52. The Kier molecular flexibility index (Phi) is 24.3. The molecule has 10 amide bonds. The molecule has 0 unspecified atom stereocenters. The lowest BCUT2D eigenvalue weighted by atomic mass is 10.00. The van der Waals surface area contributed by atoms with Crippen molar-refractivity contribution in [2.24, 2.45) is 29.0 Å². The second kappa shape index (κ2) is 27.8. The molecule has 378 valence electrons. The average molecular weight is 960 g/mol. The largest absolute Gasteiger partial charge is 0.481 e. The maximum Gasteiger partial charge on any atom is 0.328 e. The Morgan fingerprint density at radius 3 is 1.49 bits per heavy atom. The van der Waals surface area contributed by atoms with E-state index >= 15 is 0 Å². The van der Waals surface area contributed by atoms with Crippen molar-refractivity contribution in [2.75, 3.05) is 19.8 Å². The number of rotatable bonds is 29. The topological polar surface area (TPSA) is 471 Å².